The lowest BCUT2D eigenvalue weighted by atomic mass is 9.93. The monoisotopic (exact) mass is 369 g/mol. The molecule has 5 nitrogen and oxygen atoms in total. The summed E-state index contributed by atoms with van der Waals surface area (Å²) in [6.45, 7) is 0. The van der Waals surface area contributed by atoms with Gasteiger partial charge in [0, 0.05) is 16.5 Å². The highest BCUT2D eigenvalue weighted by Crippen LogP contribution is 2.37. The third kappa shape index (κ3) is 2.59. The molecule has 5 heteroatoms. The molecular formula is C23H19N3O2. The third-order valence-corrected chi connectivity index (χ3v) is 5.49. The van der Waals surface area contributed by atoms with Crippen LogP contribution in [0.3, 0.4) is 0 Å². The van der Waals surface area contributed by atoms with E-state index < -0.39 is 0 Å². The standard InChI is InChI=1S/C23H19N3O2/c27-22-16-8-2-3-9-17(16)23(28)26(22)21-12-6-1-7-15(21)13-14-20-18-10-4-5-11-19(18)24-25-20/h1,4-7,10-14H,2-3,8-9H2,(H,24,25)/b14-13+. The van der Waals surface area contributed by atoms with Crippen LogP contribution in [0.5, 0.6) is 0 Å². The van der Waals surface area contributed by atoms with E-state index in [2.05, 4.69) is 10.2 Å². The van der Waals surface area contributed by atoms with E-state index >= 15 is 0 Å². The van der Waals surface area contributed by atoms with Crippen molar-refractivity contribution < 1.29 is 9.59 Å². The number of rotatable bonds is 3. The Morgan fingerprint density at radius 2 is 1.54 bits per heavy atom. The Morgan fingerprint density at radius 1 is 0.857 bits per heavy atom. The number of fused-ring (bicyclic) bond motifs is 1. The lowest BCUT2D eigenvalue weighted by Gasteiger charge is -2.17. The van der Waals surface area contributed by atoms with Gasteiger partial charge in [-0.2, -0.15) is 5.10 Å². The molecule has 5 rings (SSSR count). The number of hydrogen-bond donors (Lipinski definition) is 1. The number of nitrogens with zero attached hydrogens (tertiary/aromatic N) is 2. The Labute approximate surface area is 162 Å². The van der Waals surface area contributed by atoms with Crippen LogP contribution in [-0.2, 0) is 9.59 Å². The highest BCUT2D eigenvalue weighted by atomic mass is 16.2. The fraction of sp³-hybridized carbons (Fsp3) is 0.174. The van der Waals surface area contributed by atoms with Crippen molar-refractivity contribution in [2.75, 3.05) is 4.90 Å². The summed E-state index contributed by atoms with van der Waals surface area (Å²) in [5.41, 5.74) is 4.64. The number of carbonyl (C=O) groups is 2. The lowest BCUT2D eigenvalue weighted by molar-refractivity contribution is -0.120. The van der Waals surface area contributed by atoms with Crippen molar-refractivity contribution in [3.05, 3.63) is 70.9 Å². The van der Waals surface area contributed by atoms with Crippen LogP contribution in [0.1, 0.15) is 36.9 Å². The Hall–Kier alpha value is -3.47. The predicted octanol–water partition coefficient (Wildman–Crippen LogP) is 4.48. The Morgan fingerprint density at radius 3 is 2.32 bits per heavy atom. The molecule has 1 aromatic heterocycles. The molecule has 1 aliphatic heterocycles. The number of aromatic amines is 1. The van der Waals surface area contributed by atoms with Gasteiger partial charge in [0.15, 0.2) is 0 Å². The molecule has 2 heterocycles. The van der Waals surface area contributed by atoms with Gasteiger partial charge in [-0.05, 0) is 49.5 Å². The van der Waals surface area contributed by atoms with Crippen molar-refractivity contribution in [1.29, 1.82) is 0 Å². The maximum Gasteiger partial charge on any atom is 0.261 e. The molecule has 0 saturated carbocycles. The molecule has 1 aliphatic carbocycles. The molecule has 3 aromatic rings. The quantitative estimate of drug-likeness (QED) is 0.693. The molecule has 2 amide bonds. The number of nitrogens with one attached hydrogen (secondary N) is 1. The van der Waals surface area contributed by atoms with E-state index in [1.54, 1.807) is 0 Å². The van der Waals surface area contributed by atoms with Gasteiger partial charge in [-0.15, -0.1) is 0 Å². The molecule has 28 heavy (non-hydrogen) atoms. The maximum absolute atomic E-state index is 12.9. The molecule has 0 spiro atoms. The van der Waals surface area contributed by atoms with Gasteiger partial charge >= 0.3 is 0 Å². The zero-order chi connectivity index (χ0) is 19.1. The molecular weight excluding hydrogens is 350 g/mol. The number of imide groups is 1. The first kappa shape index (κ1) is 16.7. The average molecular weight is 369 g/mol. The van der Waals surface area contributed by atoms with Crippen LogP contribution in [-0.4, -0.2) is 22.0 Å². The highest BCUT2D eigenvalue weighted by Gasteiger charge is 2.40. The molecule has 138 valence electrons. The zero-order valence-corrected chi connectivity index (χ0v) is 15.3. The second-order valence-electron chi connectivity index (χ2n) is 7.16. The molecule has 0 fully saturated rings. The molecule has 2 aliphatic rings. The maximum atomic E-state index is 12.9. The minimum absolute atomic E-state index is 0.161. The second-order valence-corrected chi connectivity index (χ2v) is 7.16. The van der Waals surface area contributed by atoms with E-state index in [9.17, 15) is 9.59 Å². The van der Waals surface area contributed by atoms with Gasteiger partial charge in [-0.1, -0.05) is 42.5 Å². The number of anilines is 1. The van der Waals surface area contributed by atoms with Crippen molar-refractivity contribution in [2.45, 2.75) is 25.7 Å². The van der Waals surface area contributed by atoms with Crippen LogP contribution in [0.15, 0.2) is 59.7 Å². The molecule has 0 radical (unpaired) electrons. The van der Waals surface area contributed by atoms with Crippen molar-refractivity contribution in [3.8, 4) is 0 Å². The van der Waals surface area contributed by atoms with E-state index in [1.165, 1.54) is 4.90 Å². The summed E-state index contributed by atoms with van der Waals surface area (Å²) in [7, 11) is 0. The van der Waals surface area contributed by atoms with E-state index in [1.807, 2.05) is 60.7 Å². The zero-order valence-electron chi connectivity index (χ0n) is 15.3. The summed E-state index contributed by atoms with van der Waals surface area (Å²) >= 11 is 0. The molecule has 0 atom stereocenters. The fourth-order valence-corrected chi connectivity index (χ4v) is 4.07. The predicted molar refractivity (Wildman–Crippen MR) is 109 cm³/mol. The van der Waals surface area contributed by atoms with E-state index in [4.69, 9.17) is 0 Å². The minimum Gasteiger partial charge on any atom is -0.277 e. The molecule has 0 unspecified atom stereocenters. The Balaban J connectivity index is 1.52. The van der Waals surface area contributed by atoms with Crippen LogP contribution in [0, 0.1) is 0 Å². The summed E-state index contributed by atoms with van der Waals surface area (Å²) < 4.78 is 0. The van der Waals surface area contributed by atoms with Crippen LogP contribution in [0.25, 0.3) is 23.1 Å². The smallest absolute Gasteiger partial charge is 0.261 e. The van der Waals surface area contributed by atoms with E-state index in [0.29, 0.717) is 29.7 Å². The number of carbonyl (C=O) groups excluding carboxylic acids is 2. The average Bonchev–Trinajstić information content (AvgIpc) is 3.26. The second kappa shape index (κ2) is 6.60. The summed E-state index contributed by atoms with van der Waals surface area (Å²) in [4.78, 5) is 27.2. The molecule has 1 N–H and O–H groups in total. The number of aromatic nitrogens is 2. The summed E-state index contributed by atoms with van der Waals surface area (Å²) in [6.07, 6.45) is 7.17. The fourth-order valence-electron chi connectivity index (χ4n) is 4.07. The van der Waals surface area contributed by atoms with Crippen LogP contribution in [0.4, 0.5) is 5.69 Å². The summed E-state index contributed by atoms with van der Waals surface area (Å²) in [6, 6.07) is 15.4. The van der Waals surface area contributed by atoms with Gasteiger partial charge in [0.05, 0.1) is 16.9 Å². The van der Waals surface area contributed by atoms with Crippen LogP contribution >= 0.6 is 0 Å². The number of amides is 2. The highest BCUT2D eigenvalue weighted by molar-refractivity contribution is 6.33. The van der Waals surface area contributed by atoms with Crippen molar-refractivity contribution in [3.63, 3.8) is 0 Å². The topological polar surface area (TPSA) is 66.1 Å². The number of hydrogen-bond acceptors (Lipinski definition) is 3. The van der Waals surface area contributed by atoms with Gasteiger partial charge < -0.3 is 0 Å². The van der Waals surface area contributed by atoms with Gasteiger partial charge in [-0.3, -0.25) is 14.7 Å². The SMILES string of the molecule is O=C1C2=C(CCCC2)C(=O)N1c1ccccc1/C=C/c1n[nH]c2ccccc12. The summed E-state index contributed by atoms with van der Waals surface area (Å²) in [5.74, 6) is -0.323. The summed E-state index contributed by atoms with van der Waals surface area (Å²) in [5, 5.41) is 8.40. The Bertz CT molecular complexity index is 1140. The third-order valence-electron chi connectivity index (χ3n) is 5.49. The van der Waals surface area contributed by atoms with Gasteiger partial charge in [0.1, 0.15) is 0 Å². The normalized spacial score (nSPS) is 17.2. The van der Waals surface area contributed by atoms with E-state index in [-0.39, 0.29) is 11.8 Å². The molecule has 2 aromatic carbocycles. The lowest BCUT2D eigenvalue weighted by Crippen LogP contribution is -2.32. The first-order valence-electron chi connectivity index (χ1n) is 9.55. The first-order chi connectivity index (χ1) is 13.7. The Kier molecular flexibility index (Phi) is 3.93. The molecule has 0 bridgehead atoms. The van der Waals surface area contributed by atoms with E-state index in [0.717, 1.165) is 35.0 Å². The van der Waals surface area contributed by atoms with Gasteiger partial charge in [0.2, 0.25) is 0 Å². The largest absolute Gasteiger partial charge is 0.277 e. The first-order valence-corrected chi connectivity index (χ1v) is 9.55. The number of H-pyrrole nitrogens is 1. The van der Waals surface area contributed by atoms with Crippen molar-refractivity contribution in [1.82, 2.24) is 10.2 Å². The number of para-hydroxylation sites is 2. The minimum atomic E-state index is -0.161. The van der Waals surface area contributed by atoms with Crippen LogP contribution < -0.4 is 4.90 Å². The van der Waals surface area contributed by atoms with Crippen molar-refractivity contribution in [2.24, 2.45) is 0 Å². The van der Waals surface area contributed by atoms with Gasteiger partial charge in [-0.25, -0.2) is 4.90 Å². The van der Waals surface area contributed by atoms with Crippen molar-refractivity contribution >= 4 is 40.6 Å². The van der Waals surface area contributed by atoms with Crippen LogP contribution in [0.2, 0.25) is 0 Å². The molecule has 0 saturated heterocycles. The van der Waals surface area contributed by atoms with Gasteiger partial charge in [0.25, 0.3) is 11.8 Å². The number of benzene rings is 2.